The van der Waals surface area contributed by atoms with Crippen molar-refractivity contribution in [3.8, 4) is 5.75 Å². The van der Waals surface area contributed by atoms with Crippen LogP contribution in [0.2, 0.25) is 0 Å². The molecule has 2 aromatic rings. The molecule has 0 saturated heterocycles. The van der Waals surface area contributed by atoms with Crippen LogP contribution in [-0.4, -0.2) is 26.0 Å². The number of phenols is 1. The number of carbonyl (C=O) groups excluding carboxylic acids is 1. The Morgan fingerprint density at radius 2 is 1.73 bits per heavy atom. The van der Waals surface area contributed by atoms with Gasteiger partial charge in [-0.25, -0.2) is 13.1 Å². The molecule has 1 amide bonds. The van der Waals surface area contributed by atoms with Gasteiger partial charge >= 0.3 is 0 Å². The van der Waals surface area contributed by atoms with Crippen LogP contribution in [-0.2, 0) is 14.8 Å². The third-order valence-electron chi connectivity index (χ3n) is 3.60. The zero-order valence-corrected chi connectivity index (χ0v) is 15.5. The number of hydrogen-bond acceptors (Lipinski definition) is 4. The van der Waals surface area contributed by atoms with E-state index in [1.165, 1.54) is 12.1 Å². The van der Waals surface area contributed by atoms with Crippen LogP contribution in [0.5, 0.6) is 5.75 Å². The maximum Gasteiger partial charge on any atom is 0.233 e. The van der Waals surface area contributed by atoms with Crippen molar-refractivity contribution in [1.82, 2.24) is 4.72 Å². The number of rotatable bonds is 7. The number of benzene rings is 2. The van der Waals surface area contributed by atoms with Crippen molar-refractivity contribution < 1.29 is 18.3 Å². The number of phenolic OH excluding ortho intramolecular Hbond substituents is 1. The predicted octanol–water partition coefficient (Wildman–Crippen LogP) is 2.93. The molecule has 0 aromatic heterocycles. The molecule has 26 heavy (non-hydrogen) atoms. The summed E-state index contributed by atoms with van der Waals surface area (Å²) < 4.78 is 26.2. The summed E-state index contributed by atoms with van der Waals surface area (Å²) in [5.41, 5.74) is 3.03. The van der Waals surface area contributed by atoms with Crippen LogP contribution in [0.3, 0.4) is 0 Å². The maximum absolute atomic E-state index is 11.9. The molecule has 0 fully saturated rings. The number of carbonyl (C=O) groups is 1. The lowest BCUT2D eigenvalue weighted by molar-refractivity contribution is -0.116. The van der Waals surface area contributed by atoms with Gasteiger partial charge in [-0.3, -0.25) is 4.79 Å². The topological polar surface area (TPSA) is 95.5 Å². The first-order chi connectivity index (χ1) is 12.2. The van der Waals surface area contributed by atoms with Crippen molar-refractivity contribution in [3.05, 3.63) is 64.6 Å². The Labute approximate surface area is 153 Å². The van der Waals surface area contributed by atoms with Gasteiger partial charge in [0.15, 0.2) is 0 Å². The molecule has 2 rings (SSSR count). The molecule has 6 nitrogen and oxygen atoms in total. The molecule has 7 heteroatoms. The number of aryl methyl sites for hydroxylation is 2. The number of nitrogens with one attached hydrogen (secondary N) is 2. The lowest BCUT2D eigenvalue weighted by Crippen LogP contribution is -2.26. The summed E-state index contributed by atoms with van der Waals surface area (Å²) in [6.45, 7) is 3.73. The molecular weight excluding hydrogens is 352 g/mol. The lowest BCUT2D eigenvalue weighted by atomic mass is 10.2. The van der Waals surface area contributed by atoms with Gasteiger partial charge < -0.3 is 10.4 Å². The van der Waals surface area contributed by atoms with E-state index in [9.17, 15) is 18.3 Å². The Morgan fingerprint density at radius 3 is 2.38 bits per heavy atom. The standard InChI is InChI=1S/C19H22N2O4S/c1-14-3-6-16(7-4-14)10-12-26(24,25)20-11-9-19(23)21-17-8-5-15(2)13-18(17)22/h3-8,10,12-13,20,22H,9,11H2,1-2H3,(H,21,23). The summed E-state index contributed by atoms with van der Waals surface area (Å²) in [6, 6.07) is 12.3. The third-order valence-corrected chi connectivity index (χ3v) is 4.70. The van der Waals surface area contributed by atoms with E-state index in [1.807, 2.05) is 38.1 Å². The van der Waals surface area contributed by atoms with Gasteiger partial charge in [0.2, 0.25) is 15.9 Å². The lowest BCUT2D eigenvalue weighted by Gasteiger charge is -2.08. The number of aromatic hydroxyl groups is 1. The summed E-state index contributed by atoms with van der Waals surface area (Å²) in [4.78, 5) is 11.9. The van der Waals surface area contributed by atoms with Gasteiger partial charge in [0, 0.05) is 18.4 Å². The molecule has 0 saturated carbocycles. The summed E-state index contributed by atoms with van der Waals surface area (Å²) in [6.07, 6.45) is 1.44. The highest BCUT2D eigenvalue weighted by Crippen LogP contribution is 2.23. The quantitative estimate of drug-likeness (QED) is 0.649. The van der Waals surface area contributed by atoms with E-state index in [0.717, 1.165) is 22.1 Å². The zero-order chi connectivity index (χ0) is 19.2. The minimum atomic E-state index is -3.63. The average molecular weight is 374 g/mol. The predicted molar refractivity (Wildman–Crippen MR) is 103 cm³/mol. The van der Waals surface area contributed by atoms with Crippen molar-refractivity contribution in [1.29, 1.82) is 0 Å². The highest BCUT2D eigenvalue weighted by molar-refractivity contribution is 7.92. The van der Waals surface area contributed by atoms with Crippen LogP contribution < -0.4 is 10.0 Å². The molecule has 0 aliphatic carbocycles. The van der Waals surface area contributed by atoms with Crippen molar-refractivity contribution in [2.45, 2.75) is 20.3 Å². The minimum Gasteiger partial charge on any atom is -0.506 e. The minimum absolute atomic E-state index is 0.0278. The third kappa shape index (κ3) is 6.34. The first-order valence-corrected chi connectivity index (χ1v) is 9.64. The van der Waals surface area contributed by atoms with Gasteiger partial charge in [-0.1, -0.05) is 35.9 Å². The average Bonchev–Trinajstić information content (AvgIpc) is 2.57. The molecule has 3 N–H and O–H groups in total. The van der Waals surface area contributed by atoms with Gasteiger partial charge in [0.25, 0.3) is 0 Å². The fourth-order valence-electron chi connectivity index (χ4n) is 2.16. The van der Waals surface area contributed by atoms with Gasteiger partial charge in [0.05, 0.1) is 5.69 Å². The Bertz CT molecular complexity index is 904. The number of hydrogen-bond donors (Lipinski definition) is 3. The van der Waals surface area contributed by atoms with Gasteiger partial charge in [-0.05, 0) is 43.2 Å². The smallest absolute Gasteiger partial charge is 0.233 e. The summed E-state index contributed by atoms with van der Waals surface area (Å²) in [5.74, 6) is -0.422. The van der Waals surface area contributed by atoms with Gasteiger partial charge in [-0.2, -0.15) is 0 Å². The van der Waals surface area contributed by atoms with Crippen LogP contribution in [0.4, 0.5) is 5.69 Å². The number of sulfonamides is 1. The molecule has 0 atom stereocenters. The molecule has 0 aliphatic rings. The SMILES string of the molecule is Cc1ccc(C=CS(=O)(=O)NCCC(=O)Nc2ccc(C)cc2O)cc1. The summed E-state index contributed by atoms with van der Waals surface area (Å²) >= 11 is 0. The molecular formula is C19H22N2O4S. The van der Waals surface area contributed by atoms with E-state index < -0.39 is 15.9 Å². The molecule has 0 unspecified atom stereocenters. The van der Waals surface area contributed by atoms with Crippen molar-refractivity contribution >= 4 is 27.7 Å². The largest absolute Gasteiger partial charge is 0.506 e. The van der Waals surface area contributed by atoms with Crippen LogP contribution in [0, 0.1) is 13.8 Å². The number of anilines is 1. The van der Waals surface area contributed by atoms with E-state index >= 15 is 0 Å². The Balaban J connectivity index is 1.83. The monoisotopic (exact) mass is 374 g/mol. The normalized spacial score (nSPS) is 11.6. The van der Waals surface area contributed by atoms with Gasteiger partial charge in [0.1, 0.15) is 5.75 Å². The molecule has 0 bridgehead atoms. The van der Waals surface area contributed by atoms with Crippen molar-refractivity contribution in [2.24, 2.45) is 0 Å². The van der Waals surface area contributed by atoms with Crippen molar-refractivity contribution in [2.75, 3.05) is 11.9 Å². The molecule has 0 spiro atoms. The maximum atomic E-state index is 11.9. The molecule has 2 aromatic carbocycles. The molecule has 0 radical (unpaired) electrons. The highest BCUT2D eigenvalue weighted by Gasteiger charge is 2.09. The van der Waals surface area contributed by atoms with E-state index in [0.29, 0.717) is 5.69 Å². The second kappa shape index (κ2) is 8.64. The zero-order valence-electron chi connectivity index (χ0n) is 14.7. The Kier molecular flexibility index (Phi) is 6.54. The second-order valence-electron chi connectivity index (χ2n) is 5.97. The van der Waals surface area contributed by atoms with Gasteiger partial charge in [-0.15, -0.1) is 0 Å². The molecule has 138 valence electrons. The Hall–Kier alpha value is -2.64. The fraction of sp³-hybridized carbons (Fsp3) is 0.211. The highest BCUT2D eigenvalue weighted by atomic mass is 32.2. The van der Waals surface area contributed by atoms with Crippen LogP contribution >= 0.6 is 0 Å². The Morgan fingerprint density at radius 1 is 1.08 bits per heavy atom. The molecule has 0 aliphatic heterocycles. The number of amides is 1. The van der Waals surface area contributed by atoms with E-state index in [4.69, 9.17) is 0 Å². The van der Waals surface area contributed by atoms with E-state index in [2.05, 4.69) is 10.0 Å². The summed E-state index contributed by atoms with van der Waals surface area (Å²) in [7, 11) is -3.63. The first kappa shape index (κ1) is 19.7. The summed E-state index contributed by atoms with van der Waals surface area (Å²) in [5, 5.41) is 13.4. The van der Waals surface area contributed by atoms with E-state index in [-0.39, 0.29) is 18.7 Å². The van der Waals surface area contributed by atoms with Crippen LogP contribution in [0.15, 0.2) is 47.9 Å². The first-order valence-electron chi connectivity index (χ1n) is 8.09. The molecule has 0 heterocycles. The van der Waals surface area contributed by atoms with Crippen molar-refractivity contribution in [3.63, 3.8) is 0 Å². The van der Waals surface area contributed by atoms with Crippen LogP contribution in [0.1, 0.15) is 23.1 Å². The van der Waals surface area contributed by atoms with Crippen LogP contribution in [0.25, 0.3) is 6.08 Å². The second-order valence-corrected chi connectivity index (χ2v) is 7.62. The van der Waals surface area contributed by atoms with E-state index in [1.54, 1.807) is 12.1 Å². The fourth-order valence-corrected chi connectivity index (χ4v) is 2.98.